The first-order valence-electron chi connectivity index (χ1n) is 12.9. The molecule has 2 aliphatic rings. The summed E-state index contributed by atoms with van der Waals surface area (Å²) in [5, 5.41) is 1.13. The molecule has 0 saturated carbocycles. The van der Waals surface area contributed by atoms with Crippen molar-refractivity contribution in [2.75, 3.05) is 0 Å². The van der Waals surface area contributed by atoms with Gasteiger partial charge in [0, 0.05) is 20.7 Å². The number of hydrogen-bond donors (Lipinski definition) is 0. The monoisotopic (exact) mass is 514 g/mol. The first kappa shape index (κ1) is 23.7. The second-order valence-corrected chi connectivity index (χ2v) is 12.0. The van der Waals surface area contributed by atoms with Crippen LogP contribution in [0.3, 0.4) is 0 Å². The average Bonchev–Trinajstić information content (AvgIpc) is 3.16. The SMILES string of the molecule is CC1(C)OB(c2cccc(-c3ccc(-c4ccc5ncnc6c5c4Sc4ccccc4-6)cc3)c2)OC1(C)C. The second kappa shape index (κ2) is 8.53. The molecule has 4 nitrogen and oxygen atoms in total. The highest BCUT2D eigenvalue weighted by Crippen LogP contribution is 2.50. The van der Waals surface area contributed by atoms with Crippen molar-refractivity contribution in [2.24, 2.45) is 0 Å². The first-order valence-corrected chi connectivity index (χ1v) is 13.7. The summed E-state index contributed by atoms with van der Waals surface area (Å²) >= 11 is 1.80. The summed E-state index contributed by atoms with van der Waals surface area (Å²) < 4.78 is 12.6. The Balaban J connectivity index is 1.25. The number of aromatic nitrogens is 2. The van der Waals surface area contributed by atoms with Crippen LogP contribution in [0, 0.1) is 0 Å². The van der Waals surface area contributed by atoms with E-state index in [0.29, 0.717) is 0 Å². The van der Waals surface area contributed by atoms with Gasteiger partial charge in [-0.25, -0.2) is 9.97 Å². The Kier molecular flexibility index (Phi) is 5.31. The van der Waals surface area contributed by atoms with Crippen LogP contribution >= 0.6 is 11.8 Å². The Morgan fingerprint density at radius 2 is 1.42 bits per heavy atom. The Morgan fingerprint density at radius 3 is 2.21 bits per heavy atom. The van der Waals surface area contributed by atoms with E-state index in [0.717, 1.165) is 33.2 Å². The molecule has 186 valence electrons. The fraction of sp³-hybridized carbons (Fsp3) is 0.188. The molecule has 0 amide bonds. The van der Waals surface area contributed by atoms with Crippen molar-refractivity contribution in [2.45, 2.75) is 48.7 Å². The smallest absolute Gasteiger partial charge is 0.399 e. The van der Waals surface area contributed by atoms with E-state index in [1.165, 1.54) is 26.5 Å². The summed E-state index contributed by atoms with van der Waals surface area (Å²) in [7, 11) is -0.374. The molecule has 38 heavy (non-hydrogen) atoms. The summed E-state index contributed by atoms with van der Waals surface area (Å²) in [5.41, 5.74) is 8.15. The number of rotatable bonds is 3. The summed E-state index contributed by atoms with van der Waals surface area (Å²) in [4.78, 5) is 11.7. The molecule has 5 aromatic rings. The van der Waals surface area contributed by atoms with E-state index >= 15 is 0 Å². The maximum atomic E-state index is 6.28. The van der Waals surface area contributed by atoms with Gasteiger partial charge < -0.3 is 9.31 Å². The van der Waals surface area contributed by atoms with Gasteiger partial charge in [0.2, 0.25) is 0 Å². The molecule has 1 aromatic heterocycles. The van der Waals surface area contributed by atoms with Gasteiger partial charge in [0.1, 0.15) is 6.33 Å². The summed E-state index contributed by atoms with van der Waals surface area (Å²) in [6.45, 7) is 8.34. The fourth-order valence-corrected chi connectivity index (χ4v) is 6.45. The van der Waals surface area contributed by atoms with E-state index in [4.69, 9.17) is 9.31 Å². The highest BCUT2D eigenvalue weighted by molar-refractivity contribution is 8.00. The molecule has 3 heterocycles. The van der Waals surface area contributed by atoms with Crippen LogP contribution in [-0.4, -0.2) is 28.3 Å². The van der Waals surface area contributed by atoms with Crippen LogP contribution in [0.15, 0.2) is 101 Å². The molecule has 6 heteroatoms. The van der Waals surface area contributed by atoms with Gasteiger partial charge in [-0.3, -0.25) is 0 Å². The molecule has 0 spiro atoms. The highest BCUT2D eigenvalue weighted by Gasteiger charge is 2.51. The van der Waals surface area contributed by atoms with Gasteiger partial charge in [-0.05, 0) is 67.5 Å². The van der Waals surface area contributed by atoms with Crippen molar-refractivity contribution < 1.29 is 9.31 Å². The quantitative estimate of drug-likeness (QED) is 0.230. The van der Waals surface area contributed by atoms with E-state index in [9.17, 15) is 0 Å². The van der Waals surface area contributed by atoms with Crippen LogP contribution < -0.4 is 5.46 Å². The normalized spacial score (nSPS) is 17.0. The molecule has 2 aliphatic heterocycles. The van der Waals surface area contributed by atoms with E-state index in [-0.39, 0.29) is 18.3 Å². The lowest BCUT2D eigenvalue weighted by molar-refractivity contribution is 0.00578. The van der Waals surface area contributed by atoms with Crippen molar-refractivity contribution in [3.63, 3.8) is 0 Å². The van der Waals surface area contributed by atoms with Crippen LogP contribution in [0.2, 0.25) is 0 Å². The van der Waals surface area contributed by atoms with Gasteiger partial charge in [0.25, 0.3) is 0 Å². The van der Waals surface area contributed by atoms with E-state index in [1.54, 1.807) is 18.1 Å². The molecule has 4 aromatic carbocycles. The van der Waals surface area contributed by atoms with Crippen LogP contribution in [0.25, 0.3) is 44.4 Å². The maximum Gasteiger partial charge on any atom is 0.494 e. The molecule has 1 fully saturated rings. The third-order valence-corrected chi connectivity index (χ3v) is 9.26. The van der Waals surface area contributed by atoms with E-state index in [1.807, 2.05) is 0 Å². The van der Waals surface area contributed by atoms with Gasteiger partial charge in [0.15, 0.2) is 0 Å². The van der Waals surface area contributed by atoms with E-state index < -0.39 is 0 Å². The lowest BCUT2D eigenvalue weighted by atomic mass is 9.78. The maximum absolute atomic E-state index is 6.28. The standard InChI is InChI=1S/C32H27BN2O2S/c1-31(2)32(3,4)37-33(36-31)23-9-7-8-22(18-23)20-12-14-21(15-13-20)24-16-17-26-28-29(35-19-34-26)25-10-5-6-11-27(25)38-30(24)28/h5-19H,1-4H3. The molecule has 0 unspecified atom stereocenters. The Bertz CT molecular complexity index is 1700. The second-order valence-electron chi connectivity index (χ2n) is 10.9. The molecular weight excluding hydrogens is 487 g/mol. The Labute approximate surface area is 227 Å². The summed E-state index contributed by atoms with van der Waals surface area (Å²) in [6.07, 6.45) is 1.67. The zero-order valence-electron chi connectivity index (χ0n) is 21.9. The summed E-state index contributed by atoms with van der Waals surface area (Å²) in [5.74, 6) is 0. The minimum absolute atomic E-state index is 0.362. The number of hydrogen-bond acceptors (Lipinski definition) is 5. The zero-order valence-corrected chi connectivity index (χ0v) is 22.7. The molecule has 0 bridgehead atoms. The lowest BCUT2D eigenvalue weighted by Gasteiger charge is -2.32. The van der Waals surface area contributed by atoms with Gasteiger partial charge >= 0.3 is 7.12 Å². The van der Waals surface area contributed by atoms with Gasteiger partial charge in [-0.15, -0.1) is 0 Å². The largest absolute Gasteiger partial charge is 0.494 e. The molecule has 0 N–H and O–H groups in total. The third-order valence-electron chi connectivity index (χ3n) is 8.05. The van der Waals surface area contributed by atoms with Crippen LogP contribution in [0.1, 0.15) is 27.7 Å². The lowest BCUT2D eigenvalue weighted by Crippen LogP contribution is -2.41. The average molecular weight is 514 g/mol. The molecule has 0 aliphatic carbocycles. The minimum atomic E-state index is -0.374. The molecule has 0 radical (unpaired) electrons. The van der Waals surface area contributed by atoms with E-state index in [2.05, 4.69) is 123 Å². The van der Waals surface area contributed by atoms with Crippen LogP contribution in [0.4, 0.5) is 0 Å². The molecule has 1 saturated heterocycles. The Morgan fingerprint density at radius 1 is 0.684 bits per heavy atom. The number of nitrogens with zero attached hydrogens (tertiary/aromatic N) is 2. The van der Waals surface area contributed by atoms with Gasteiger partial charge in [0.05, 0.1) is 22.4 Å². The van der Waals surface area contributed by atoms with Crippen molar-refractivity contribution in [3.05, 3.63) is 91.3 Å². The molecule has 0 atom stereocenters. The van der Waals surface area contributed by atoms with Gasteiger partial charge in [-0.2, -0.15) is 0 Å². The van der Waals surface area contributed by atoms with Gasteiger partial charge in [-0.1, -0.05) is 84.6 Å². The van der Waals surface area contributed by atoms with Crippen molar-refractivity contribution >= 4 is 35.2 Å². The minimum Gasteiger partial charge on any atom is -0.399 e. The first-order chi connectivity index (χ1) is 18.3. The predicted octanol–water partition coefficient (Wildman–Crippen LogP) is 7.39. The number of fused-ring (bicyclic) bond motifs is 2. The van der Waals surface area contributed by atoms with Crippen molar-refractivity contribution in [3.8, 4) is 33.5 Å². The highest BCUT2D eigenvalue weighted by atomic mass is 32.2. The fourth-order valence-electron chi connectivity index (χ4n) is 5.21. The number of benzene rings is 4. The van der Waals surface area contributed by atoms with Crippen LogP contribution in [-0.2, 0) is 9.31 Å². The zero-order chi connectivity index (χ0) is 26.1. The van der Waals surface area contributed by atoms with Crippen molar-refractivity contribution in [1.29, 1.82) is 0 Å². The van der Waals surface area contributed by atoms with Crippen LogP contribution in [0.5, 0.6) is 0 Å². The van der Waals surface area contributed by atoms with Crippen molar-refractivity contribution in [1.82, 2.24) is 9.97 Å². The molecular formula is C32H27BN2O2S. The predicted molar refractivity (Wildman–Crippen MR) is 156 cm³/mol. The summed E-state index contributed by atoms with van der Waals surface area (Å²) in [6, 6.07) is 30.0. The molecule has 7 rings (SSSR count). The Hall–Kier alpha value is -3.45. The topological polar surface area (TPSA) is 44.2 Å². The third kappa shape index (κ3) is 3.70.